The third-order valence-corrected chi connectivity index (χ3v) is 6.18. The van der Waals surface area contributed by atoms with Crippen molar-refractivity contribution in [2.45, 2.75) is 30.4 Å². The van der Waals surface area contributed by atoms with E-state index in [0.717, 1.165) is 4.47 Å². The molecule has 1 aromatic carbocycles. The molecule has 1 fully saturated rings. The third-order valence-electron chi connectivity index (χ3n) is 3.49. The number of Topliss-reactive ketones (excluding diaryl/α,β-unsaturated/α-hetero) is 1. The van der Waals surface area contributed by atoms with E-state index < -0.39 is 26.8 Å². The Morgan fingerprint density at radius 2 is 2.15 bits per heavy atom. The van der Waals surface area contributed by atoms with Gasteiger partial charge in [0.2, 0.25) is 0 Å². The van der Waals surface area contributed by atoms with E-state index in [9.17, 15) is 18.5 Å². The van der Waals surface area contributed by atoms with Gasteiger partial charge in [-0.3, -0.25) is 4.79 Å². The standard InChI is InChI=1S/C14H14BrNO3S/c15-11-5-3-4-10(8-11)12(9-16)14(17)13-6-1-2-7-20(13,18)19/h3-5,8,12-13H,1-2,6-7H2. The van der Waals surface area contributed by atoms with Gasteiger partial charge in [-0.25, -0.2) is 8.42 Å². The highest BCUT2D eigenvalue weighted by molar-refractivity contribution is 9.10. The minimum atomic E-state index is -3.41. The van der Waals surface area contributed by atoms with Gasteiger partial charge in [0.25, 0.3) is 0 Å². The van der Waals surface area contributed by atoms with Crippen LogP contribution in [0.25, 0.3) is 0 Å². The summed E-state index contributed by atoms with van der Waals surface area (Å²) in [6.45, 7) is 0. The van der Waals surface area contributed by atoms with E-state index in [1.807, 2.05) is 6.07 Å². The maximum atomic E-state index is 12.4. The Morgan fingerprint density at radius 1 is 1.40 bits per heavy atom. The van der Waals surface area contributed by atoms with E-state index in [-0.39, 0.29) is 5.75 Å². The topological polar surface area (TPSA) is 75.0 Å². The summed E-state index contributed by atoms with van der Waals surface area (Å²) in [5, 5.41) is 8.23. The molecule has 20 heavy (non-hydrogen) atoms. The fourth-order valence-corrected chi connectivity index (χ4v) is 4.77. The van der Waals surface area contributed by atoms with Crippen molar-refractivity contribution in [2.75, 3.05) is 5.75 Å². The third kappa shape index (κ3) is 3.10. The van der Waals surface area contributed by atoms with Gasteiger partial charge in [0.05, 0.1) is 11.8 Å². The van der Waals surface area contributed by atoms with E-state index in [1.165, 1.54) is 0 Å². The minimum Gasteiger partial charge on any atom is -0.296 e. The lowest BCUT2D eigenvalue weighted by atomic mass is 9.92. The van der Waals surface area contributed by atoms with E-state index in [0.29, 0.717) is 24.8 Å². The first kappa shape index (κ1) is 15.2. The number of hydrogen-bond acceptors (Lipinski definition) is 4. The first-order valence-electron chi connectivity index (χ1n) is 6.36. The maximum Gasteiger partial charge on any atom is 0.172 e. The number of ketones is 1. The van der Waals surface area contributed by atoms with Gasteiger partial charge in [-0.1, -0.05) is 34.5 Å². The van der Waals surface area contributed by atoms with E-state index in [1.54, 1.807) is 24.3 Å². The lowest BCUT2D eigenvalue weighted by Crippen LogP contribution is -2.38. The summed E-state index contributed by atoms with van der Waals surface area (Å²) in [4.78, 5) is 12.4. The number of sulfone groups is 1. The Morgan fingerprint density at radius 3 is 2.75 bits per heavy atom. The van der Waals surface area contributed by atoms with Gasteiger partial charge >= 0.3 is 0 Å². The highest BCUT2D eigenvalue weighted by Crippen LogP contribution is 2.28. The van der Waals surface area contributed by atoms with Crippen LogP contribution in [-0.4, -0.2) is 25.2 Å². The van der Waals surface area contributed by atoms with Crippen LogP contribution in [0.3, 0.4) is 0 Å². The van der Waals surface area contributed by atoms with Crippen molar-refractivity contribution < 1.29 is 13.2 Å². The number of nitrogens with zero attached hydrogens (tertiary/aromatic N) is 1. The van der Waals surface area contributed by atoms with Crippen molar-refractivity contribution in [3.8, 4) is 6.07 Å². The lowest BCUT2D eigenvalue weighted by molar-refractivity contribution is -0.119. The van der Waals surface area contributed by atoms with Gasteiger partial charge in [-0.15, -0.1) is 0 Å². The average Bonchev–Trinajstić information content (AvgIpc) is 2.39. The molecule has 2 unspecified atom stereocenters. The van der Waals surface area contributed by atoms with E-state index in [4.69, 9.17) is 0 Å². The van der Waals surface area contributed by atoms with Crippen molar-refractivity contribution >= 4 is 31.6 Å². The molecule has 0 radical (unpaired) electrons. The van der Waals surface area contributed by atoms with Crippen LogP contribution in [-0.2, 0) is 14.6 Å². The quantitative estimate of drug-likeness (QED) is 0.834. The molecule has 1 aliphatic heterocycles. The number of benzene rings is 1. The van der Waals surface area contributed by atoms with Crippen LogP contribution in [0.5, 0.6) is 0 Å². The average molecular weight is 356 g/mol. The van der Waals surface area contributed by atoms with Gasteiger partial charge in [-0.2, -0.15) is 5.26 Å². The number of carbonyl (C=O) groups excluding carboxylic acids is 1. The summed E-state index contributed by atoms with van der Waals surface area (Å²) >= 11 is 3.29. The Hall–Kier alpha value is -1.19. The highest BCUT2D eigenvalue weighted by Gasteiger charge is 2.38. The number of halogens is 1. The minimum absolute atomic E-state index is 0.0417. The second kappa shape index (κ2) is 6.06. The summed E-state index contributed by atoms with van der Waals surface area (Å²) in [7, 11) is -3.41. The van der Waals surface area contributed by atoms with Crippen LogP contribution in [0.4, 0.5) is 0 Å². The molecular weight excluding hydrogens is 342 g/mol. The summed E-state index contributed by atoms with van der Waals surface area (Å²) < 4.78 is 24.8. The zero-order valence-corrected chi connectivity index (χ0v) is 13.2. The molecule has 1 aliphatic rings. The molecule has 2 rings (SSSR count). The molecule has 0 spiro atoms. The van der Waals surface area contributed by atoms with Crippen LogP contribution < -0.4 is 0 Å². The Bertz CT molecular complexity index is 663. The van der Waals surface area contributed by atoms with Crippen molar-refractivity contribution in [2.24, 2.45) is 0 Å². The van der Waals surface area contributed by atoms with Crippen molar-refractivity contribution in [3.63, 3.8) is 0 Å². The van der Waals surface area contributed by atoms with Crippen molar-refractivity contribution in [3.05, 3.63) is 34.3 Å². The SMILES string of the molecule is N#CC(C(=O)C1CCCCS1(=O)=O)c1cccc(Br)c1. The van der Waals surface area contributed by atoms with Crippen LogP contribution >= 0.6 is 15.9 Å². The summed E-state index contributed by atoms with van der Waals surface area (Å²) in [5.74, 6) is -1.48. The smallest absolute Gasteiger partial charge is 0.172 e. The second-order valence-electron chi connectivity index (χ2n) is 4.87. The highest BCUT2D eigenvalue weighted by atomic mass is 79.9. The monoisotopic (exact) mass is 355 g/mol. The zero-order chi connectivity index (χ0) is 14.8. The summed E-state index contributed by atoms with van der Waals surface area (Å²) in [5.41, 5.74) is 0.535. The van der Waals surface area contributed by atoms with Crippen LogP contribution in [0, 0.1) is 11.3 Å². The molecule has 1 heterocycles. The van der Waals surface area contributed by atoms with Crippen LogP contribution in [0.2, 0.25) is 0 Å². The molecule has 0 saturated carbocycles. The molecule has 4 nitrogen and oxygen atoms in total. The molecule has 6 heteroatoms. The van der Waals surface area contributed by atoms with Gasteiger partial charge in [0.15, 0.2) is 15.6 Å². The molecule has 1 saturated heterocycles. The van der Waals surface area contributed by atoms with Crippen LogP contribution in [0.1, 0.15) is 30.7 Å². The molecule has 0 aliphatic carbocycles. The van der Waals surface area contributed by atoms with Crippen molar-refractivity contribution in [1.82, 2.24) is 0 Å². The normalized spacial score (nSPS) is 22.7. The largest absolute Gasteiger partial charge is 0.296 e. The molecule has 2 atom stereocenters. The van der Waals surface area contributed by atoms with Crippen LogP contribution in [0.15, 0.2) is 28.7 Å². The van der Waals surface area contributed by atoms with E-state index in [2.05, 4.69) is 15.9 Å². The van der Waals surface area contributed by atoms with Gasteiger partial charge < -0.3 is 0 Å². The van der Waals surface area contributed by atoms with Gasteiger partial charge in [-0.05, 0) is 30.5 Å². The number of rotatable bonds is 3. The fraction of sp³-hybridized carbons (Fsp3) is 0.429. The number of nitriles is 1. The zero-order valence-electron chi connectivity index (χ0n) is 10.8. The molecule has 0 bridgehead atoms. The lowest BCUT2D eigenvalue weighted by Gasteiger charge is -2.23. The van der Waals surface area contributed by atoms with Gasteiger partial charge in [0.1, 0.15) is 11.2 Å². The predicted molar refractivity (Wildman–Crippen MR) is 78.9 cm³/mol. The first-order valence-corrected chi connectivity index (χ1v) is 8.87. The summed E-state index contributed by atoms with van der Waals surface area (Å²) in [6, 6.07) is 8.82. The van der Waals surface area contributed by atoms with Gasteiger partial charge in [0, 0.05) is 4.47 Å². The maximum absolute atomic E-state index is 12.4. The Kier molecular flexibility index (Phi) is 4.61. The predicted octanol–water partition coefficient (Wildman–Crippen LogP) is 2.59. The molecule has 1 aromatic rings. The Balaban J connectivity index is 2.33. The molecule has 0 amide bonds. The molecule has 0 aromatic heterocycles. The number of carbonyl (C=O) groups is 1. The first-order chi connectivity index (χ1) is 9.45. The molecule has 0 N–H and O–H groups in total. The fourth-order valence-electron chi connectivity index (χ4n) is 2.45. The molecule has 106 valence electrons. The molecular formula is C14H14BrNO3S. The Labute approximate surface area is 126 Å². The number of hydrogen-bond donors (Lipinski definition) is 0. The second-order valence-corrected chi connectivity index (χ2v) is 8.09. The van der Waals surface area contributed by atoms with E-state index >= 15 is 0 Å². The summed E-state index contributed by atoms with van der Waals surface area (Å²) in [6.07, 6.45) is 1.64. The van der Waals surface area contributed by atoms with Crippen molar-refractivity contribution in [1.29, 1.82) is 5.26 Å².